The Morgan fingerprint density at radius 3 is 2.91 bits per heavy atom. The molecule has 0 amide bonds. The second-order valence-corrected chi connectivity index (χ2v) is 4.27. The number of hydrogen-bond acceptors (Lipinski definition) is 6. The molecule has 11 heavy (non-hydrogen) atoms. The summed E-state index contributed by atoms with van der Waals surface area (Å²) in [4.78, 5) is 0. The predicted molar refractivity (Wildman–Crippen MR) is 39.0 cm³/mol. The minimum absolute atomic E-state index is 0.0580. The molecule has 1 rings (SSSR count). The van der Waals surface area contributed by atoms with Gasteiger partial charge in [-0.1, -0.05) is 0 Å². The molecule has 1 saturated heterocycles. The van der Waals surface area contributed by atoms with Gasteiger partial charge in [-0.05, 0) is 6.92 Å². The van der Waals surface area contributed by atoms with Crippen molar-refractivity contribution in [2.75, 3.05) is 12.4 Å². The fraction of sp³-hybridized carbons (Fsp3) is 1.00. The summed E-state index contributed by atoms with van der Waals surface area (Å²) in [6.45, 7) is 1.64. The molecule has 0 aromatic carbocycles. The van der Waals surface area contributed by atoms with Crippen LogP contribution in [-0.2, 0) is 22.7 Å². The molecule has 66 valence electrons. The Morgan fingerprint density at radius 2 is 2.45 bits per heavy atom. The monoisotopic (exact) mass is 200 g/mol. The Balaban J connectivity index is 2.41. The highest BCUT2D eigenvalue weighted by atomic mass is 32.2. The zero-order chi connectivity index (χ0) is 8.32. The third-order valence-electron chi connectivity index (χ3n) is 1.01. The molecule has 0 aromatic rings. The molecule has 1 aliphatic rings. The minimum Gasteiger partial charge on any atom is -0.286 e. The summed E-state index contributed by atoms with van der Waals surface area (Å²) in [6, 6.07) is 0. The van der Waals surface area contributed by atoms with Gasteiger partial charge in [0.25, 0.3) is 10.1 Å². The summed E-state index contributed by atoms with van der Waals surface area (Å²) in [5.74, 6) is -0.0580. The fourth-order valence-corrected chi connectivity index (χ4v) is 1.47. The van der Waals surface area contributed by atoms with E-state index in [-0.39, 0.29) is 12.4 Å². The molecule has 0 N–H and O–H groups in total. The van der Waals surface area contributed by atoms with E-state index in [1.807, 2.05) is 0 Å². The fourth-order valence-electron chi connectivity index (χ4n) is 0.458. The third kappa shape index (κ3) is 2.96. The van der Waals surface area contributed by atoms with Gasteiger partial charge in [0.1, 0.15) is 6.61 Å². The van der Waals surface area contributed by atoms with Gasteiger partial charge in [0.2, 0.25) is 6.29 Å². The first kappa shape index (κ1) is 9.27. The Kier molecular flexibility index (Phi) is 3.14. The summed E-state index contributed by atoms with van der Waals surface area (Å²) in [5.41, 5.74) is 0. The highest BCUT2D eigenvalue weighted by molar-refractivity contribution is 7.90. The zero-order valence-electron chi connectivity index (χ0n) is 5.85. The molecule has 0 bridgehead atoms. The molecule has 1 fully saturated rings. The van der Waals surface area contributed by atoms with Crippen LogP contribution < -0.4 is 0 Å². The van der Waals surface area contributed by atoms with Crippen molar-refractivity contribution in [2.45, 2.75) is 13.2 Å². The van der Waals surface area contributed by atoms with Crippen molar-refractivity contribution in [3.8, 4) is 0 Å². The second-order valence-electron chi connectivity index (χ2n) is 1.82. The van der Waals surface area contributed by atoms with E-state index in [1.165, 1.54) is 6.92 Å². The van der Waals surface area contributed by atoms with E-state index in [2.05, 4.69) is 12.5 Å². The van der Waals surface area contributed by atoms with E-state index in [4.69, 9.17) is 0 Å². The number of hydrogen-bond donors (Lipinski definition) is 0. The summed E-state index contributed by atoms with van der Waals surface area (Å²) in [7, 11) is -3.42. The van der Waals surface area contributed by atoms with Crippen LogP contribution in [0.5, 0.6) is 0 Å². The van der Waals surface area contributed by atoms with Crippen LogP contribution in [0.25, 0.3) is 0 Å². The Bertz CT molecular complexity index is 205. The molecule has 0 radical (unpaired) electrons. The molecule has 0 saturated carbocycles. The Labute approximate surface area is 69.5 Å². The van der Waals surface area contributed by atoms with E-state index in [0.717, 1.165) is 12.3 Å². The van der Waals surface area contributed by atoms with Gasteiger partial charge in [-0.15, -0.1) is 0 Å². The van der Waals surface area contributed by atoms with Gasteiger partial charge in [0, 0.05) is 0 Å². The van der Waals surface area contributed by atoms with Gasteiger partial charge in [-0.3, -0.25) is 8.37 Å². The van der Waals surface area contributed by atoms with Crippen molar-refractivity contribution in [3.05, 3.63) is 0 Å². The summed E-state index contributed by atoms with van der Waals surface area (Å²) < 4.78 is 35.5. The Hall–Kier alpha value is 0.180. The van der Waals surface area contributed by atoms with Crippen LogP contribution in [0.2, 0.25) is 0 Å². The minimum atomic E-state index is -3.42. The zero-order valence-corrected chi connectivity index (χ0v) is 7.48. The van der Waals surface area contributed by atoms with E-state index in [9.17, 15) is 8.42 Å². The van der Waals surface area contributed by atoms with Gasteiger partial charge in [-0.25, -0.2) is 4.18 Å². The first-order chi connectivity index (χ1) is 5.14. The third-order valence-corrected chi connectivity index (χ3v) is 2.75. The van der Waals surface area contributed by atoms with Crippen molar-refractivity contribution >= 4 is 22.4 Å². The maximum absolute atomic E-state index is 10.8. The van der Waals surface area contributed by atoms with Crippen LogP contribution in [0.4, 0.5) is 0 Å². The summed E-state index contributed by atoms with van der Waals surface area (Å²) >= 11 is 0.744. The predicted octanol–water partition coefficient (Wildman–Crippen LogP) is 0.289. The molecule has 1 atom stereocenters. The highest BCUT2D eigenvalue weighted by Crippen LogP contribution is 2.20. The van der Waals surface area contributed by atoms with E-state index >= 15 is 0 Å². The quantitative estimate of drug-likeness (QED) is 0.482. The van der Waals surface area contributed by atoms with Crippen LogP contribution in [0.15, 0.2) is 0 Å². The molecule has 1 aliphatic heterocycles. The largest absolute Gasteiger partial charge is 0.286 e. The first-order valence-corrected chi connectivity index (χ1v) is 5.24. The van der Waals surface area contributed by atoms with Crippen molar-refractivity contribution in [2.24, 2.45) is 0 Å². The average Bonchev–Trinajstić information content (AvgIpc) is 2.39. The van der Waals surface area contributed by atoms with Gasteiger partial charge < -0.3 is 0 Å². The summed E-state index contributed by atoms with van der Waals surface area (Å²) in [5, 5.41) is 0. The lowest BCUT2D eigenvalue weighted by Crippen LogP contribution is -2.20. The van der Waals surface area contributed by atoms with Crippen LogP contribution in [0.3, 0.4) is 0 Å². The van der Waals surface area contributed by atoms with Gasteiger partial charge in [0.15, 0.2) is 12.3 Å². The lowest BCUT2D eigenvalue weighted by molar-refractivity contribution is 0.0348. The topological polar surface area (TPSA) is 61.8 Å². The van der Waals surface area contributed by atoms with E-state index in [1.54, 1.807) is 0 Å². The Morgan fingerprint density at radius 1 is 1.73 bits per heavy atom. The lowest BCUT2D eigenvalue weighted by atomic mass is 10.7. The van der Waals surface area contributed by atoms with Gasteiger partial charge in [0.05, 0.1) is 5.75 Å². The molecule has 1 unspecified atom stereocenters. The van der Waals surface area contributed by atoms with Crippen molar-refractivity contribution in [1.29, 1.82) is 0 Å². The molecule has 7 heteroatoms. The molecule has 1 heterocycles. The summed E-state index contributed by atoms with van der Waals surface area (Å²) in [6.07, 6.45) is -0.787. The molecule has 0 spiro atoms. The van der Waals surface area contributed by atoms with Crippen molar-refractivity contribution < 1.29 is 21.0 Å². The number of rotatable bonds is 3. The molecular weight excluding hydrogens is 192 g/mol. The normalized spacial score (nSPS) is 25.7. The SMILES string of the molecule is CCS(=O)(=O)OC1COSO1. The lowest BCUT2D eigenvalue weighted by Gasteiger charge is -2.05. The van der Waals surface area contributed by atoms with Crippen LogP contribution >= 0.6 is 12.3 Å². The molecule has 0 aromatic heterocycles. The standard InChI is InChI=1S/C4H8O5S2/c1-2-11(5,6)9-4-3-7-10-8-4/h4H,2-3H2,1H3. The second kappa shape index (κ2) is 3.72. The van der Waals surface area contributed by atoms with E-state index in [0.29, 0.717) is 0 Å². The smallest absolute Gasteiger partial charge is 0.269 e. The molecular formula is C4H8O5S2. The molecule has 5 nitrogen and oxygen atoms in total. The van der Waals surface area contributed by atoms with E-state index < -0.39 is 16.4 Å². The van der Waals surface area contributed by atoms with Crippen molar-refractivity contribution in [3.63, 3.8) is 0 Å². The van der Waals surface area contributed by atoms with Crippen LogP contribution in [0, 0.1) is 0 Å². The van der Waals surface area contributed by atoms with Gasteiger partial charge >= 0.3 is 0 Å². The average molecular weight is 200 g/mol. The maximum Gasteiger partial charge on any atom is 0.269 e. The molecule has 0 aliphatic carbocycles. The van der Waals surface area contributed by atoms with Crippen molar-refractivity contribution in [1.82, 2.24) is 0 Å². The first-order valence-electron chi connectivity index (χ1n) is 3.00. The van der Waals surface area contributed by atoms with Crippen LogP contribution in [-0.4, -0.2) is 27.1 Å². The van der Waals surface area contributed by atoms with Crippen LogP contribution in [0.1, 0.15) is 6.92 Å². The maximum atomic E-state index is 10.8. The highest BCUT2D eigenvalue weighted by Gasteiger charge is 2.24. The van der Waals surface area contributed by atoms with Gasteiger partial charge in [-0.2, -0.15) is 8.42 Å².